The van der Waals surface area contributed by atoms with Crippen LogP contribution in [0.1, 0.15) is 25.5 Å². The maximum atomic E-state index is 12.7. The van der Waals surface area contributed by atoms with Crippen molar-refractivity contribution < 1.29 is 4.79 Å². The Bertz CT molecular complexity index is 640. The monoisotopic (exact) mass is 323 g/mol. The van der Waals surface area contributed by atoms with Gasteiger partial charge in [0.1, 0.15) is 5.37 Å². The molecule has 0 aliphatic carbocycles. The number of thiophene rings is 1. The van der Waals surface area contributed by atoms with E-state index >= 15 is 0 Å². The summed E-state index contributed by atoms with van der Waals surface area (Å²) in [5, 5.41) is 0.646. The lowest BCUT2D eigenvalue weighted by Gasteiger charge is -2.23. The number of aryl methyl sites for hydroxylation is 1. The summed E-state index contributed by atoms with van der Waals surface area (Å²) in [6.07, 6.45) is 0. The van der Waals surface area contributed by atoms with Crippen molar-refractivity contribution in [1.82, 2.24) is 4.90 Å². The van der Waals surface area contributed by atoms with Gasteiger partial charge in [-0.15, -0.1) is 23.1 Å². The van der Waals surface area contributed by atoms with Gasteiger partial charge in [-0.05, 0) is 31.2 Å². The fourth-order valence-electron chi connectivity index (χ4n) is 2.29. The third-order valence-electron chi connectivity index (χ3n) is 3.26. The lowest BCUT2D eigenvalue weighted by Crippen LogP contribution is -2.30. The van der Waals surface area contributed by atoms with Crippen LogP contribution in [0.4, 0.5) is 0 Å². The molecule has 2 nitrogen and oxygen atoms in total. The first-order chi connectivity index (χ1) is 9.66. The van der Waals surface area contributed by atoms with E-state index in [1.54, 1.807) is 23.5 Å². The van der Waals surface area contributed by atoms with Crippen LogP contribution < -0.4 is 0 Å². The Kier molecular flexibility index (Phi) is 4.06. The quantitative estimate of drug-likeness (QED) is 0.805. The zero-order valence-electron chi connectivity index (χ0n) is 11.0. The zero-order valence-corrected chi connectivity index (χ0v) is 13.4. The topological polar surface area (TPSA) is 20.3 Å². The van der Waals surface area contributed by atoms with Gasteiger partial charge in [0.15, 0.2) is 0 Å². The molecule has 0 N–H and O–H groups in total. The average Bonchev–Trinajstić information content (AvgIpc) is 3.06. The third-order valence-corrected chi connectivity index (χ3v) is 6.03. The van der Waals surface area contributed by atoms with E-state index in [0.717, 1.165) is 12.3 Å². The second kappa shape index (κ2) is 5.80. The van der Waals surface area contributed by atoms with Crippen molar-refractivity contribution in [3.63, 3.8) is 0 Å². The normalized spacial score (nSPS) is 18.5. The molecule has 1 aliphatic heterocycles. The van der Waals surface area contributed by atoms with Crippen molar-refractivity contribution >= 4 is 40.6 Å². The Labute approximate surface area is 131 Å². The molecule has 5 heteroatoms. The van der Waals surface area contributed by atoms with Crippen molar-refractivity contribution in [2.45, 2.75) is 12.3 Å². The fraction of sp³-hybridized carbons (Fsp3) is 0.267. The van der Waals surface area contributed by atoms with Gasteiger partial charge in [0.25, 0.3) is 5.91 Å². The number of hydrogen-bond acceptors (Lipinski definition) is 3. The van der Waals surface area contributed by atoms with Crippen molar-refractivity contribution in [2.75, 3.05) is 12.3 Å². The van der Waals surface area contributed by atoms with Gasteiger partial charge in [-0.1, -0.05) is 23.7 Å². The van der Waals surface area contributed by atoms with Crippen molar-refractivity contribution in [3.05, 3.63) is 56.7 Å². The van der Waals surface area contributed by atoms with Gasteiger partial charge in [-0.2, -0.15) is 0 Å². The van der Waals surface area contributed by atoms with Crippen molar-refractivity contribution in [2.24, 2.45) is 0 Å². The highest BCUT2D eigenvalue weighted by Crippen LogP contribution is 2.41. The molecule has 1 aromatic heterocycles. The van der Waals surface area contributed by atoms with Gasteiger partial charge in [0.2, 0.25) is 0 Å². The summed E-state index contributed by atoms with van der Waals surface area (Å²) in [5.41, 5.74) is 0.593. The molecule has 2 aromatic rings. The maximum Gasteiger partial charge on any atom is 0.256 e. The number of nitrogens with zero attached hydrogens (tertiary/aromatic N) is 1. The summed E-state index contributed by atoms with van der Waals surface area (Å²) in [7, 11) is 0. The van der Waals surface area contributed by atoms with E-state index in [4.69, 9.17) is 11.6 Å². The number of carbonyl (C=O) groups excluding carboxylic acids is 1. The highest BCUT2D eigenvalue weighted by Gasteiger charge is 2.32. The lowest BCUT2D eigenvalue weighted by molar-refractivity contribution is 0.0762. The van der Waals surface area contributed by atoms with Crippen molar-refractivity contribution in [1.29, 1.82) is 0 Å². The highest BCUT2D eigenvalue weighted by atomic mass is 35.5. The molecular formula is C15H14ClNOS2. The predicted molar refractivity (Wildman–Crippen MR) is 86.7 cm³/mol. The maximum absolute atomic E-state index is 12.7. The Morgan fingerprint density at radius 3 is 2.80 bits per heavy atom. The zero-order chi connectivity index (χ0) is 14.1. The van der Waals surface area contributed by atoms with E-state index in [9.17, 15) is 4.79 Å². The first-order valence-corrected chi connectivity index (χ1v) is 8.64. The van der Waals surface area contributed by atoms with Crippen molar-refractivity contribution in [3.8, 4) is 0 Å². The van der Waals surface area contributed by atoms with E-state index in [0.29, 0.717) is 10.6 Å². The van der Waals surface area contributed by atoms with Crippen LogP contribution >= 0.6 is 34.7 Å². The largest absolute Gasteiger partial charge is 0.321 e. The fourth-order valence-corrected chi connectivity index (χ4v) is 4.88. The molecular weight excluding hydrogens is 310 g/mol. The van der Waals surface area contributed by atoms with Crippen LogP contribution in [0.25, 0.3) is 0 Å². The summed E-state index contributed by atoms with van der Waals surface area (Å²) in [4.78, 5) is 17.1. The molecule has 104 valence electrons. The van der Waals surface area contributed by atoms with Gasteiger partial charge in [0.05, 0.1) is 10.6 Å². The lowest BCUT2D eigenvalue weighted by atomic mass is 10.2. The Hall–Kier alpha value is -0.970. The summed E-state index contributed by atoms with van der Waals surface area (Å²) < 4.78 is 0. The van der Waals surface area contributed by atoms with E-state index in [1.165, 1.54) is 9.75 Å². The molecule has 1 atom stereocenters. The minimum Gasteiger partial charge on any atom is -0.321 e. The molecule has 1 amide bonds. The summed E-state index contributed by atoms with van der Waals surface area (Å²) in [6, 6.07) is 11.5. The number of benzene rings is 1. The minimum atomic E-state index is 0.0247. The van der Waals surface area contributed by atoms with Crippen LogP contribution in [0.2, 0.25) is 5.02 Å². The van der Waals surface area contributed by atoms with Gasteiger partial charge < -0.3 is 4.90 Å². The molecule has 20 heavy (non-hydrogen) atoms. The molecule has 1 aromatic carbocycles. The molecule has 0 unspecified atom stereocenters. The van der Waals surface area contributed by atoms with Gasteiger partial charge in [-0.3, -0.25) is 4.79 Å². The number of amides is 1. The Balaban J connectivity index is 1.89. The first-order valence-electron chi connectivity index (χ1n) is 6.40. The Morgan fingerprint density at radius 2 is 2.10 bits per heavy atom. The Morgan fingerprint density at radius 1 is 1.30 bits per heavy atom. The predicted octanol–water partition coefficient (Wildman–Crippen LogP) is 4.60. The highest BCUT2D eigenvalue weighted by molar-refractivity contribution is 7.99. The van der Waals surface area contributed by atoms with Gasteiger partial charge in [-0.25, -0.2) is 0 Å². The van der Waals surface area contributed by atoms with Gasteiger partial charge in [0, 0.05) is 22.1 Å². The number of carbonyl (C=O) groups is 1. The molecule has 0 bridgehead atoms. The molecule has 1 fully saturated rings. The molecule has 1 saturated heterocycles. The molecule has 2 heterocycles. The number of halogens is 1. The second-order valence-corrected chi connectivity index (χ2v) is 7.56. The van der Waals surface area contributed by atoms with Crippen LogP contribution in [0.5, 0.6) is 0 Å². The first kappa shape index (κ1) is 14.0. The molecule has 0 radical (unpaired) electrons. The third kappa shape index (κ3) is 2.60. The van der Waals surface area contributed by atoms with E-state index < -0.39 is 0 Å². The summed E-state index contributed by atoms with van der Waals surface area (Å²) in [6.45, 7) is 2.87. The van der Waals surface area contributed by atoms with Gasteiger partial charge >= 0.3 is 0 Å². The van der Waals surface area contributed by atoms with E-state index in [1.807, 2.05) is 28.8 Å². The summed E-state index contributed by atoms with van der Waals surface area (Å²) in [5.74, 6) is 0.995. The number of hydrogen-bond donors (Lipinski definition) is 0. The van der Waals surface area contributed by atoms with Crippen LogP contribution in [-0.2, 0) is 0 Å². The molecule has 3 rings (SSSR count). The number of rotatable bonds is 2. The standard InChI is InChI=1S/C15H14ClNOS2/c1-10-6-7-13(20-10)15-17(8-9-19-15)14(18)11-4-2-3-5-12(11)16/h2-7,15H,8-9H2,1H3/t15-/m0/s1. The molecule has 0 saturated carbocycles. The molecule has 1 aliphatic rings. The SMILES string of the molecule is Cc1ccc([C@@H]2SCCN2C(=O)c2ccccc2Cl)s1. The number of thioether (sulfide) groups is 1. The van der Waals surface area contributed by atoms with E-state index in [-0.39, 0.29) is 11.3 Å². The van der Waals surface area contributed by atoms with Crippen LogP contribution in [0.3, 0.4) is 0 Å². The van der Waals surface area contributed by atoms with Crippen LogP contribution in [-0.4, -0.2) is 23.1 Å². The smallest absolute Gasteiger partial charge is 0.256 e. The van der Waals surface area contributed by atoms with Crippen LogP contribution in [0, 0.1) is 6.92 Å². The second-order valence-electron chi connectivity index (χ2n) is 4.65. The van der Waals surface area contributed by atoms with E-state index in [2.05, 4.69) is 19.1 Å². The average molecular weight is 324 g/mol. The molecule has 0 spiro atoms. The summed E-state index contributed by atoms with van der Waals surface area (Å²) >= 11 is 9.72. The van der Waals surface area contributed by atoms with Crippen LogP contribution in [0.15, 0.2) is 36.4 Å². The minimum absolute atomic E-state index is 0.0247.